The van der Waals surface area contributed by atoms with Crippen molar-refractivity contribution in [2.75, 3.05) is 0 Å². The van der Waals surface area contributed by atoms with Crippen LogP contribution in [0.5, 0.6) is 0 Å². The second-order valence-corrected chi connectivity index (χ2v) is 5.52. The van der Waals surface area contributed by atoms with Crippen LogP contribution in [0.4, 0.5) is 0 Å². The first-order chi connectivity index (χ1) is 7.78. The summed E-state index contributed by atoms with van der Waals surface area (Å²) < 4.78 is 0. The maximum Gasteiger partial charge on any atom is 0.304 e. The summed E-state index contributed by atoms with van der Waals surface area (Å²) >= 11 is 1.24. The number of hydrogen-bond donors (Lipinski definition) is 2. The molecule has 1 heterocycles. The molecule has 0 amide bonds. The summed E-state index contributed by atoms with van der Waals surface area (Å²) in [4.78, 5) is 13.8. The number of H-pyrrole nitrogens is 1. The zero-order valence-electron chi connectivity index (χ0n) is 9.79. The first-order valence-corrected chi connectivity index (χ1v) is 7.06. The Morgan fingerprint density at radius 3 is 2.75 bits per heavy atom. The van der Waals surface area contributed by atoms with E-state index < -0.39 is 0 Å². The van der Waals surface area contributed by atoms with E-state index in [1.54, 1.807) is 0 Å². The zero-order chi connectivity index (χ0) is 11.4. The van der Waals surface area contributed by atoms with Gasteiger partial charge in [0.2, 0.25) is 0 Å². The predicted molar refractivity (Wildman–Crippen MR) is 67.8 cm³/mol. The van der Waals surface area contributed by atoms with E-state index in [4.69, 9.17) is 0 Å². The van der Waals surface area contributed by atoms with Gasteiger partial charge in [-0.2, -0.15) is 0 Å². The van der Waals surface area contributed by atoms with Crippen LogP contribution in [0.25, 0.3) is 0 Å². The smallest absolute Gasteiger partial charge is 0.304 e. The Hall–Kier alpha value is -0.610. The highest BCUT2D eigenvalue weighted by molar-refractivity contribution is 7.07. The Morgan fingerprint density at radius 2 is 2.19 bits per heavy atom. The molecule has 1 fully saturated rings. The van der Waals surface area contributed by atoms with Crippen molar-refractivity contribution in [3.05, 3.63) is 20.7 Å². The summed E-state index contributed by atoms with van der Waals surface area (Å²) in [5.41, 5.74) is 1.02. The van der Waals surface area contributed by atoms with Crippen molar-refractivity contribution in [3.63, 3.8) is 0 Å². The van der Waals surface area contributed by atoms with E-state index >= 15 is 0 Å². The molecule has 0 atom stereocenters. The van der Waals surface area contributed by atoms with E-state index in [0.717, 1.165) is 18.2 Å². The van der Waals surface area contributed by atoms with Crippen LogP contribution in [0.3, 0.4) is 0 Å². The maximum absolute atomic E-state index is 11.0. The first kappa shape index (κ1) is 11.9. The van der Waals surface area contributed by atoms with Gasteiger partial charge in [-0.15, -0.1) is 0 Å². The molecule has 0 aromatic carbocycles. The van der Waals surface area contributed by atoms with Crippen LogP contribution in [0.1, 0.15) is 44.7 Å². The second-order valence-electron chi connectivity index (χ2n) is 4.68. The van der Waals surface area contributed by atoms with Gasteiger partial charge in [-0.3, -0.25) is 4.79 Å². The Bertz CT molecular complexity index is 363. The van der Waals surface area contributed by atoms with Crippen molar-refractivity contribution in [2.24, 2.45) is 5.92 Å². The molecular formula is C12H20N2OS. The molecule has 0 radical (unpaired) electrons. The molecule has 1 aliphatic carbocycles. The van der Waals surface area contributed by atoms with Gasteiger partial charge in [0.25, 0.3) is 0 Å². The molecule has 0 spiro atoms. The fourth-order valence-electron chi connectivity index (χ4n) is 2.43. The van der Waals surface area contributed by atoms with Gasteiger partial charge >= 0.3 is 4.87 Å². The molecule has 90 valence electrons. The number of hydrogen-bond acceptors (Lipinski definition) is 3. The number of nitrogens with one attached hydrogen (secondary N) is 2. The molecule has 4 heteroatoms. The SMILES string of the molecule is CCC1CCC(NCc2csc(=O)[nH]2)CC1. The van der Waals surface area contributed by atoms with Gasteiger partial charge in [0.05, 0.1) is 0 Å². The average molecular weight is 240 g/mol. The fourth-order valence-corrected chi connectivity index (χ4v) is 3.01. The molecule has 1 aromatic heterocycles. The third-order valence-electron chi connectivity index (χ3n) is 3.58. The Morgan fingerprint density at radius 1 is 1.44 bits per heavy atom. The van der Waals surface area contributed by atoms with Crippen LogP contribution in [0.2, 0.25) is 0 Å². The van der Waals surface area contributed by atoms with Crippen molar-refractivity contribution >= 4 is 11.3 Å². The van der Waals surface area contributed by atoms with E-state index in [2.05, 4.69) is 17.2 Å². The lowest BCUT2D eigenvalue weighted by molar-refractivity contribution is 0.285. The summed E-state index contributed by atoms with van der Waals surface area (Å²) in [6.45, 7) is 3.09. The molecule has 0 bridgehead atoms. The van der Waals surface area contributed by atoms with Gasteiger partial charge in [0.15, 0.2) is 0 Å². The van der Waals surface area contributed by atoms with Crippen LogP contribution >= 0.6 is 11.3 Å². The summed E-state index contributed by atoms with van der Waals surface area (Å²) in [6.07, 6.45) is 6.60. The summed E-state index contributed by atoms with van der Waals surface area (Å²) in [5, 5.41) is 5.44. The highest BCUT2D eigenvalue weighted by atomic mass is 32.1. The zero-order valence-corrected chi connectivity index (χ0v) is 10.6. The fraction of sp³-hybridized carbons (Fsp3) is 0.750. The van der Waals surface area contributed by atoms with E-state index in [1.165, 1.54) is 43.4 Å². The molecule has 1 aromatic rings. The first-order valence-electron chi connectivity index (χ1n) is 6.18. The van der Waals surface area contributed by atoms with Crippen LogP contribution in [-0.2, 0) is 6.54 Å². The lowest BCUT2D eigenvalue weighted by Gasteiger charge is -2.28. The summed E-state index contributed by atoms with van der Waals surface area (Å²) in [5.74, 6) is 0.944. The van der Waals surface area contributed by atoms with Gasteiger partial charge in [0, 0.05) is 23.7 Å². The third-order valence-corrected chi connectivity index (χ3v) is 4.29. The molecule has 0 unspecified atom stereocenters. The van der Waals surface area contributed by atoms with Crippen molar-refractivity contribution < 1.29 is 0 Å². The van der Waals surface area contributed by atoms with E-state index in [9.17, 15) is 4.79 Å². The molecule has 1 saturated carbocycles. The molecule has 3 nitrogen and oxygen atoms in total. The van der Waals surface area contributed by atoms with Gasteiger partial charge in [-0.05, 0) is 31.6 Å². The second kappa shape index (κ2) is 5.64. The topological polar surface area (TPSA) is 44.9 Å². The van der Waals surface area contributed by atoms with Gasteiger partial charge in [-0.25, -0.2) is 0 Å². The molecule has 16 heavy (non-hydrogen) atoms. The standard InChI is InChI=1S/C12H20N2OS/c1-2-9-3-5-10(6-4-9)13-7-11-8-16-12(15)14-11/h8-10,13H,2-7H2,1H3,(H,14,15). The highest BCUT2D eigenvalue weighted by Gasteiger charge is 2.19. The highest BCUT2D eigenvalue weighted by Crippen LogP contribution is 2.26. The van der Waals surface area contributed by atoms with E-state index in [0.29, 0.717) is 6.04 Å². The normalized spacial score (nSPS) is 25.8. The quantitative estimate of drug-likeness (QED) is 0.849. The number of thiazole rings is 1. The molecular weight excluding hydrogens is 220 g/mol. The van der Waals surface area contributed by atoms with Crippen molar-refractivity contribution in [1.82, 2.24) is 10.3 Å². The Labute approximate surface area is 100 Å². The van der Waals surface area contributed by atoms with Crippen LogP contribution in [0, 0.1) is 5.92 Å². The van der Waals surface area contributed by atoms with E-state index in [-0.39, 0.29) is 4.87 Å². The number of aromatic nitrogens is 1. The van der Waals surface area contributed by atoms with Crippen molar-refractivity contribution in [2.45, 2.75) is 51.6 Å². The van der Waals surface area contributed by atoms with Crippen LogP contribution < -0.4 is 10.2 Å². The van der Waals surface area contributed by atoms with Gasteiger partial charge < -0.3 is 10.3 Å². The minimum Gasteiger partial charge on any atom is -0.315 e. The van der Waals surface area contributed by atoms with E-state index in [1.807, 2.05) is 5.38 Å². The van der Waals surface area contributed by atoms with Crippen LogP contribution in [0.15, 0.2) is 10.2 Å². The Balaban J connectivity index is 1.73. The minimum absolute atomic E-state index is 0.0477. The maximum atomic E-state index is 11.0. The lowest BCUT2D eigenvalue weighted by atomic mass is 9.84. The van der Waals surface area contributed by atoms with Crippen LogP contribution in [-0.4, -0.2) is 11.0 Å². The largest absolute Gasteiger partial charge is 0.315 e. The molecule has 0 aliphatic heterocycles. The summed E-state index contributed by atoms with van der Waals surface area (Å²) in [7, 11) is 0. The van der Waals surface area contributed by atoms with Crippen molar-refractivity contribution in [3.8, 4) is 0 Å². The average Bonchev–Trinajstić information content (AvgIpc) is 2.73. The minimum atomic E-state index is 0.0477. The predicted octanol–water partition coefficient (Wildman–Crippen LogP) is 2.49. The molecule has 2 N–H and O–H groups in total. The number of rotatable bonds is 4. The van der Waals surface area contributed by atoms with Crippen molar-refractivity contribution in [1.29, 1.82) is 0 Å². The molecule has 0 saturated heterocycles. The summed E-state index contributed by atoms with van der Waals surface area (Å²) in [6, 6.07) is 0.645. The van der Waals surface area contributed by atoms with Gasteiger partial charge in [0.1, 0.15) is 0 Å². The Kier molecular flexibility index (Phi) is 4.18. The van der Waals surface area contributed by atoms with Gasteiger partial charge in [-0.1, -0.05) is 24.7 Å². The third kappa shape index (κ3) is 3.19. The lowest BCUT2D eigenvalue weighted by Crippen LogP contribution is -2.32. The number of aromatic amines is 1. The molecule has 2 rings (SSSR count). The molecule has 1 aliphatic rings. The monoisotopic (exact) mass is 240 g/mol.